The molecule has 7 heteroatoms. The number of rotatable bonds is 7. The van der Waals surface area contributed by atoms with Crippen molar-refractivity contribution < 1.29 is 4.79 Å². The number of aromatic nitrogens is 1. The van der Waals surface area contributed by atoms with Crippen LogP contribution in [0.15, 0.2) is 28.1 Å². The average Bonchev–Trinajstić information content (AvgIpc) is 3.28. The topological polar surface area (TPSA) is 36.4 Å². The first kappa shape index (κ1) is 20.5. The van der Waals surface area contributed by atoms with Gasteiger partial charge in [0.05, 0.1) is 18.9 Å². The van der Waals surface area contributed by atoms with Gasteiger partial charge in [-0.3, -0.25) is 9.69 Å². The smallest absolute Gasteiger partial charge is 0.270 e. The number of halogens is 1. The minimum atomic E-state index is 0.0197. The number of thiazole rings is 1. The van der Waals surface area contributed by atoms with Gasteiger partial charge in [-0.1, -0.05) is 31.3 Å². The third-order valence-electron chi connectivity index (χ3n) is 4.87. The maximum atomic E-state index is 13.2. The Morgan fingerprint density at radius 2 is 1.81 bits per heavy atom. The van der Waals surface area contributed by atoms with Gasteiger partial charge in [0.1, 0.15) is 0 Å². The number of hydrogen-bond donors (Lipinski definition) is 0. The monoisotopic (exact) mass is 465 g/mol. The summed E-state index contributed by atoms with van der Waals surface area (Å²) in [5.41, 5.74) is 3.41. The van der Waals surface area contributed by atoms with Crippen molar-refractivity contribution in [3.8, 4) is 0 Å². The van der Waals surface area contributed by atoms with Gasteiger partial charge in [-0.25, -0.2) is 4.98 Å². The molecule has 2 heterocycles. The van der Waals surface area contributed by atoms with Crippen LogP contribution in [-0.2, 0) is 0 Å². The Balaban J connectivity index is 1.98. The van der Waals surface area contributed by atoms with E-state index in [-0.39, 0.29) is 5.91 Å². The van der Waals surface area contributed by atoms with Crippen LogP contribution in [0.25, 0.3) is 10.2 Å². The number of thiophene rings is 1. The molecule has 0 aliphatic heterocycles. The van der Waals surface area contributed by atoms with Crippen molar-refractivity contribution >= 4 is 59.9 Å². The quantitative estimate of drug-likeness (QED) is 0.447. The number of carbonyl (C=O) groups is 1. The number of carbonyl (C=O) groups excluding carboxylic acids is 1. The molecular weight excluding hydrogens is 442 g/mol. The van der Waals surface area contributed by atoms with Gasteiger partial charge in [-0.05, 0) is 72.2 Å². The van der Waals surface area contributed by atoms with E-state index < -0.39 is 0 Å². The summed E-state index contributed by atoms with van der Waals surface area (Å²) in [5.74, 6) is 0.0197. The molecular formula is C20H24BrN3OS2. The van der Waals surface area contributed by atoms with Crippen LogP contribution < -0.4 is 4.90 Å². The van der Waals surface area contributed by atoms with Crippen LogP contribution in [0.2, 0.25) is 0 Å². The van der Waals surface area contributed by atoms with Crippen molar-refractivity contribution in [2.24, 2.45) is 0 Å². The van der Waals surface area contributed by atoms with Gasteiger partial charge in [-0.15, -0.1) is 11.3 Å². The number of likely N-dealkylation sites (N-methyl/N-ethyl adjacent to an activating group) is 1. The Bertz CT molecular complexity index is 946. The molecule has 1 aromatic carbocycles. The van der Waals surface area contributed by atoms with E-state index in [0.717, 1.165) is 43.6 Å². The second-order valence-electron chi connectivity index (χ2n) is 6.44. The highest BCUT2D eigenvalue weighted by Gasteiger charge is 2.23. The first-order valence-corrected chi connectivity index (χ1v) is 11.5. The average molecular weight is 466 g/mol. The molecule has 144 valence electrons. The number of amides is 1. The largest absolute Gasteiger partial charge is 0.302 e. The molecule has 0 radical (unpaired) electrons. The molecule has 0 bridgehead atoms. The molecule has 0 N–H and O–H groups in total. The van der Waals surface area contributed by atoms with Crippen molar-refractivity contribution in [2.45, 2.75) is 27.7 Å². The lowest BCUT2D eigenvalue weighted by Gasteiger charge is -2.24. The summed E-state index contributed by atoms with van der Waals surface area (Å²) in [6, 6.07) is 8.03. The predicted octanol–water partition coefficient (Wildman–Crippen LogP) is 5.73. The molecule has 0 aliphatic rings. The van der Waals surface area contributed by atoms with Crippen LogP contribution in [-0.4, -0.2) is 42.0 Å². The van der Waals surface area contributed by atoms with E-state index in [0.29, 0.717) is 6.54 Å². The van der Waals surface area contributed by atoms with E-state index in [2.05, 4.69) is 60.7 Å². The number of nitrogens with zero attached hydrogens (tertiary/aromatic N) is 3. The van der Waals surface area contributed by atoms with E-state index >= 15 is 0 Å². The summed E-state index contributed by atoms with van der Waals surface area (Å²) in [6.45, 7) is 11.9. The van der Waals surface area contributed by atoms with Crippen molar-refractivity contribution in [1.82, 2.24) is 9.88 Å². The van der Waals surface area contributed by atoms with Crippen LogP contribution in [0.3, 0.4) is 0 Å². The van der Waals surface area contributed by atoms with Crippen LogP contribution in [0.4, 0.5) is 5.13 Å². The van der Waals surface area contributed by atoms with Gasteiger partial charge in [0.25, 0.3) is 5.91 Å². The Morgan fingerprint density at radius 1 is 1.07 bits per heavy atom. The van der Waals surface area contributed by atoms with Crippen molar-refractivity contribution in [2.75, 3.05) is 31.1 Å². The zero-order chi connectivity index (χ0) is 19.6. The van der Waals surface area contributed by atoms with Crippen molar-refractivity contribution in [1.29, 1.82) is 0 Å². The lowest BCUT2D eigenvalue weighted by molar-refractivity contribution is 0.0987. The predicted molar refractivity (Wildman–Crippen MR) is 121 cm³/mol. The fraction of sp³-hybridized carbons (Fsp3) is 0.400. The molecule has 0 unspecified atom stereocenters. The summed E-state index contributed by atoms with van der Waals surface area (Å²) in [6.07, 6.45) is 0. The number of fused-ring (bicyclic) bond motifs is 1. The van der Waals surface area contributed by atoms with E-state index in [1.807, 2.05) is 17.0 Å². The number of hydrogen-bond acceptors (Lipinski definition) is 5. The van der Waals surface area contributed by atoms with Gasteiger partial charge in [0.15, 0.2) is 5.13 Å². The fourth-order valence-electron chi connectivity index (χ4n) is 2.96. The molecule has 2 aromatic heterocycles. The highest BCUT2D eigenvalue weighted by atomic mass is 79.9. The first-order chi connectivity index (χ1) is 12.9. The number of benzene rings is 1. The Labute approximate surface area is 177 Å². The Morgan fingerprint density at radius 3 is 2.44 bits per heavy atom. The minimum absolute atomic E-state index is 0.0197. The van der Waals surface area contributed by atoms with Gasteiger partial charge >= 0.3 is 0 Å². The molecule has 3 aromatic rings. The SMILES string of the molecule is CCN(CC)CCN(C(=O)c1ccc(Br)s1)c1nc2c(C)c(C)ccc2s1. The maximum absolute atomic E-state index is 13.2. The zero-order valence-electron chi connectivity index (χ0n) is 16.1. The fourth-order valence-corrected chi connectivity index (χ4v) is 5.34. The molecule has 0 atom stereocenters. The van der Waals surface area contributed by atoms with Gasteiger partial charge < -0.3 is 4.90 Å². The second-order valence-corrected chi connectivity index (χ2v) is 9.91. The van der Waals surface area contributed by atoms with Crippen LogP contribution in [0, 0.1) is 13.8 Å². The Kier molecular flexibility index (Phi) is 6.68. The second kappa shape index (κ2) is 8.82. The Hall–Kier alpha value is -1.28. The zero-order valence-corrected chi connectivity index (χ0v) is 19.3. The summed E-state index contributed by atoms with van der Waals surface area (Å²) in [4.78, 5) is 23.0. The molecule has 0 fully saturated rings. The maximum Gasteiger partial charge on any atom is 0.270 e. The molecule has 0 spiro atoms. The van der Waals surface area contributed by atoms with E-state index in [1.54, 1.807) is 11.3 Å². The third-order valence-corrected chi connectivity index (χ3v) is 7.52. The molecule has 27 heavy (non-hydrogen) atoms. The molecule has 0 saturated heterocycles. The van der Waals surface area contributed by atoms with Gasteiger partial charge in [-0.2, -0.15) is 0 Å². The summed E-state index contributed by atoms with van der Waals surface area (Å²) in [5, 5.41) is 0.778. The first-order valence-electron chi connectivity index (χ1n) is 9.10. The van der Waals surface area contributed by atoms with Crippen LogP contribution >= 0.6 is 38.6 Å². The van der Waals surface area contributed by atoms with E-state index in [1.165, 1.54) is 22.5 Å². The normalized spacial score (nSPS) is 11.5. The standard InChI is InChI=1S/C20H24BrN3OS2/c1-5-23(6-2)11-12-24(19(25)16-9-10-17(21)26-16)20-22-18-14(4)13(3)7-8-15(18)27-20/h7-10H,5-6,11-12H2,1-4H3. The highest BCUT2D eigenvalue weighted by molar-refractivity contribution is 9.11. The summed E-state index contributed by atoms with van der Waals surface area (Å²) >= 11 is 6.52. The van der Waals surface area contributed by atoms with E-state index in [9.17, 15) is 4.79 Å². The lowest BCUT2D eigenvalue weighted by atomic mass is 10.1. The lowest BCUT2D eigenvalue weighted by Crippen LogP contribution is -2.38. The third kappa shape index (κ3) is 4.42. The molecule has 0 saturated carbocycles. The summed E-state index contributed by atoms with van der Waals surface area (Å²) < 4.78 is 2.09. The van der Waals surface area contributed by atoms with Crippen LogP contribution in [0.1, 0.15) is 34.6 Å². The van der Waals surface area contributed by atoms with Crippen molar-refractivity contribution in [3.05, 3.63) is 44.1 Å². The van der Waals surface area contributed by atoms with Gasteiger partial charge in [0, 0.05) is 13.1 Å². The summed E-state index contributed by atoms with van der Waals surface area (Å²) in [7, 11) is 0. The van der Waals surface area contributed by atoms with Crippen LogP contribution in [0.5, 0.6) is 0 Å². The van der Waals surface area contributed by atoms with E-state index in [4.69, 9.17) is 4.98 Å². The molecule has 3 rings (SSSR count). The highest BCUT2D eigenvalue weighted by Crippen LogP contribution is 2.33. The minimum Gasteiger partial charge on any atom is -0.302 e. The molecule has 1 amide bonds. The van der Waals surface area contributed by atoms with Gasteiger partial charge in [0.2, 0.25) is 0 Å². The number of anilines is 1. The number of aryl methyl sites for hydroxylation is 2. The molecule has 4 nitrogen and oxygen atoms in total. The van der Waals surface area contributed by atoms with Crippen molar-refractivity contribution in [3.63, 3.8) is 0 Å². The molecule has 0 aliphatic carbocycles.